The molecule has 0 saturated heterocycles. The van der Waals surface area contributed by atoms with Crippen LogP contribution in [0.25, 0.3) is 28.1 Å². The van der Waals surface area contributed by atoms with Gasteiger partial charge >= 0.3 is 6.03 Å². The Morgan fingerprint density at radius 2 is 1.70 bits per heavy atom. The second kappa shape index (κ2) is 12.7. The monoisotopic (exact) mass is 618 g/mol. The Hall–Kier alpha value is -4.67. The Labute approximate surface area is 257 Å². The first kappa shape index (κ1) is 29.8. The number of methoxy groups -OCH3 is 1. The van der Waals surface area contributed by atoms with Crippen LogP contribution in [0.2, 0.25) is 10.0 Å². The van der Waals surface area contributed by atoms with E-state index in [9.17, 15) is 14.4 Å². The van der Waals surface area contributed by atoms with Gasteiger partial charge < -0.3 is 20.7 Å². The van der Waals surface area contributed by atoms with Crippen LogP contribution in [-0.2, 0) is 11.3 Å². The summed E-state index contributed by atoms with van der Waals surface area (Å²) in [5, 5.41) is 13.0. The molecule has 4 aromatic rings. The molecular weight excluding hydrogens is 591 g/mol. The molecule has 0 bridgehead atoms. The van der Waals surface area contributed by atoms with Gasteiger partial charge in [0.25, 0.3) is 11.5 Å². The van der Waals surface area contributed by atoms with E-state index in [2.05, 4.69) is 32.6 Å². The fraction of sp³-hybridized carbons (Fsp3) is 0.194. The van der Waals surface area contributed by atoms with E-state index < -0.39 is 11.6 Å². The zero-order valence-electron chi connectivity index (χ0n) is 23.4. The molecule has 0 radical (unpaired) electrons. The number of carbonyl (C=O) groups excluding carboxylic acids is 2. The van der Waals surface area contributed by atoms with E-state index >= 15 is 0 Å². The molecule has 10 nitrogen and oxygen atoms in total. The number of aryl methyl sites for hydroxylation is 1. The lowest BCUT2D eigenvalue weighted by Crippen LogP contribution is -2.29. The molecule has 0 spiro atoms. The number of urea groups is 1. The van der Waals surface area contributed by atoms with Crippen LogP contribution in [0.3, 0.4) is 0 Å². The van der Waals surface area contributed by atoms with Crippen molar-refractivity contribution < 1.29 is 14.3 Å². The van der Waals surface area contributed by atoms with E-state index in [1.807, 2.05) is 36.4 Å². The van der Waals surface area contributed by atoms with Crippen LogP contribution in [0.1, 0.15) is 35.7 Å². The average molecular weight is 620 g/mol. The number of ether oxygens (including phenoxy) is 1. The van der Waals surface area contributed by atoms with Crippen molar-refractivity contribution in [3.8, 4) is 22.4 Å². The lowest BCUT2D eigenvalue weighted by Gasteiger charge is -2.14. The van der Waals surface area contributed by atoms with E-state index in [0.717, 1.165) is 24.0 Å². The second-order valence-corrected chi connectivity index (χ2v) is 10.7. The highest BCUT2D eigenvalue weighted by atomic mass is 35.5. The minimum absolute atomic E-state index is 0.00785. The maximum Gasteiger partial charge on any atom is 0.323 e. The Balaban J connectivity index is 1.49. The number of hydrogen-bond donors (Lipinski definition) is 3. The Bertz CT molecular complexity index is 1780. The lowest BCUT2D eigenvalue weighted by atomic mass is 9.96. The molecule has 2 aromatic heterocycles. The number of nitrogens with one attached hydrogen (secondary N) is 3. The summed E-state index contributed by atoms with van der Waals surface area (Å²) < 4.78 is 6.61. The number of halogens is 2. The molecule has 220 valence electrons. The van der Waals surface area contributed by atoms with E-state index in [1.165, 1.54) is 30.3 Å². The normalized spacial score (nSPS) is 12.4. The van der Waals surface area contributed by atoms with Crippen LogP contribution >= 0.6 is 23.2 Å². The van der Waals surface area contributed by atoms with Crippen LogP contribution in [-0.4, -0.2) is 39.9 Å². The van der Waals surface area contributed by atoms with Crippen LogP contribution < -0.4 is 21.5 Å². The van der Waals surface area contributed by atoms with Crippen molar-refractivity contribution in [3.63, 3.8) is 0 Å². The van der Waals surface area contributed by atoms with Gasteiger partial charge in [-0.2, -0.15) is 5.10 Å². The van der Waals surface area contributed by atoms with Gasteiger partial charge in [0.05, 0.1) is 28.5 Å². The smallest absolute Gasteiger partial charge is 0.323 e. The van der Waals surface area contributed by atoms with E-state index in [0.29, 0.717) is 28.1 Å². The molecule has 3 amide bonds. The van der Waals surface area contributed by atoms with Gasteiger partial charge in [0.1, 0.15) is 11.4 Å². The molecule has 0 aliphatic heterocycles. The SMILES string of the molecule is C=C(OC)c1cc(C(=O)NC2CC2)cc(-c2cccc(-c3cc(NC(=O)Nc4c(Cl)cncc4Cl)c(=O)n(CC)n3)c2)c1. The number of pyridine rings is 1. The molecule has 12 heteroatoms. The largest absolute Gasteiger partial charge is 0.497 e. The third-order valence-electron chi connectivity index (χ3n) is 6.78. The summed E-state index contributed by atoms with van der Waals surface area (Å²) >= 11 is 12.2. The molecule has 5 rings (SSSR count). The number of carbonyl (C=O) groups is 2. The van der Waals surface area contributed by atoms with Gasteiger partial charge in [-0.05, 0) is 61.2 Å². The maximum atomic E-state index is 13.0. The van der Waals surface area contributed by atoms with Gasteiger partial charge in [-0.3, -0.25) is 14.6 Å². The number of hydrogen-bond acceptors (Lipinski definition) is 6. The van der Waals surface area contributed by atoms with Crippen molar-refractivity contribution in [1.82, 2.24) is 20.1 Å². The van der Waals surface area contributed by atoms with Crippen molar-refractivity contribution in [3.05, 3.63) is 99.0 Å². The van der Waals surface area contributed by atoms with Gasteiger partial charge in [-0.25, -0.2) is 9.48 Å². The maximum absolute atomic E-state index is 13.0. The molecule has 43 heavy (non-hydrogen) atoms. The first-order valence-corrected chi connectivity index (χ1v) is 14.2. The van der Waals surface area contributed by atoms with Crippen molar-refractivity contribution in [2.24, 2.45) is 0 Å². The van der Waals surface area contributed by atoms with Crippen molar-refractivity contribution >= 4 is 52.3 Å². The lowest BCUT2D eigenvalue weighted by molar-refractivity contribution is 0.0951. The van der Waals surface area contributed by atoms with Gasteiger partial charge in [-0.1, -0.05) is 48.0 Å². The average Bonchev–Trinajstić information content (AvgIpc) is 3.83. The summed E-state index contributed by atoms with van der Waals surface area (Å²) in [5.74, 6) is 0.268. The number of aromatic nitrogens is 3. The number of nitrogens with zero attached hydrogens (tertiary/aromatic N) is 3. The minimum atomic E-state index is -0.715. The van der Waals surface area contributed by atoms with E-state index in [1.54, 1.807) is 13.0 Å². The zero-order chi connectivity index (χ0) is 30.7. The number of amides is 3. The molecule has 2 heterocycles. The van der Waals surface area contributed by atoms with E-state index in [-0.39, 0.29) is 39.9 Å². The Morgan fingerprint density at radius 1 is 1.00 bits per heavy atom. The number of rotatable bonds is 9. The van der Waals surface area contributed by atoms with Crippen LogP contribution in [0, 0.1) is 0 Å². The minimum Gasteiger partial charge on any atom is -0.497 e. The first-order chi connectivity index (χ1) is 20.7. The Morgan fingerprint density at radius 3 is 2.37 bits per heavy atom. The van der Waals surface area contributed by atoms with Crippen molar-refractivity contribution in [1.29, 1.82) is 0 Å². The summed E-state index contributed by atoms with van der Waals surface area (Å²) in [6.45, 7) is 6.00. The summed E-state index contributed by atoms with van der Waals surface area (Å²) in [4.78, 5) is 42.7. The summed E-state index contributed by atoms with van der Waals surface area (Å²) in [6.07, 6.45) is 4.63. The second-order valence-electron chi connectivity index (χ2n) is 9.88. The molecule has 1 aliphatic carbocycles. The topological polar surface area (TPSA) is 127 Å². The fourth-order valence-electron chi connectivity index (χ4n) is 4.34. The molecule has 0 unspecified atom stereocenters. The highest BCUT2D eigenvalue weighted by Gasteiger charge is 2.24. The number of benzene rings is 2. The van der Waals surface area contributed by atoms with Crippen LogP contribution in [0.15, 0.2) is 72.3 Å². The third-order valence-corrected chi connectivity index (χ3v) is 7.35. The number of anilines is 2. The van der Waals surface area contributed by atoms with Crippen LogP contribution in [0.5, 0.6) is 0 Å². The van der Waals surface area contributed by atoms with E-state index in [4.69, 9.17) is 27.9 Å². The molecule has 1 fully saturated rings. The quantitative estimate of drug-likeness (QED) is 0.185. The summed E-state index contributed by atoms with van der Waals surface area (Å²) in [5.41, 5.74) is 3.56. The van der Waals surface area contributed by atoms with Gasteiger partial charge in [0, 0.05) is 41.7 Å². The predicted molar refractivity (Wildman–Crippen MR) is 168 cm³/mol. The molecule has 0 atom stereocenters. The highest BCUT2D eigenvalue weighted by molar-refractivity contribution is 6.39. The summed E-state index contributed by atoms with van der Waals surface area (Å²) in [6, 6.07) is 14.0. The van der Waals surface area contributed by atoms with Crippen molar-refractivity contribution in [2.75, 3.05) is 17.7 Å². The molecule has 1 aliphatic rings. The predicted octanol–water partition coefficient (Wildman–Crippen LogP) is 6.45. The zero-order valence-corrected chi connectivity index (χ0v) is 24.9. The molecule has 2 aromatic carbocycles. The summed E-state index contributed by atoms with van der Waals surface area (Å²) in [7, 11) is 1.53. The van der Waals surface area contributed by atoms with Gasteiger partial charge in [0.15, 0.2) is 0 Å². The Kier molecular flexibility index (Phi) is 8.79. The van der Waals surface area contributed by atoms with Gasteiger partial charge in [0.2, 0.25) is 0 Å². The first-order valence-electron chi connectivity index (χ1n) is 13.5. The van der Waals surface area contributed by atoms with Crippen molar-refractivity contribution in [2.45, 2.75) is 32.4 Å². The highest BCUT2D eigenvalue weighted by Crippen LogP contribution is 2.31. The molecule has 3 N–H and O–H groups in total. The molecule has 1 saturated carbocycles. The molecular formula is C31H28Cl2N6O4. The van der Waals surface area contributed by atoms with Crippen LogP contribution in [0.4, 0.5) is 16.2 Å². The van der Waals surface area contributed by atoms with Gasteiger partial charge in [-0.15, -0.1) is 0 Å². The fourth-order valence-corrected chi connectivity index (χ4v) is 4.80. The standard InChI is InChI=1S/C31H28Cl2N6O4/c1-4-39-30(41)27(36-31(42)37-28-24(32)15-34-16-25(28)33)14-26(38-39)19-7-5-6-18(10-19)21-11-20(17(2)43-3)12-22(13-21)29(40)35-23-8-9-23/h5-7,10-16,23H,2,4,8-9H2,1,3H3,(H,35,40)(H2,34,36,37,42). The third kappa shape index (κ3) is 6.87.